The van der Waals surface area contributed by atoms with Crippen molar-refractivity contribution in [3.05, 3.63) is 45.3 Å². The standard InChI is InChI=1S/C16H19N7O3/c1-10-11(2)19-20-16(14(10)15(17)24)22-7-5-21(6-8-22)13-4-3-12(9-18-13)23(25)26/h3-4,9H,5-8H2,1-2H3,(H2,17,24). The van der Waals surface area contributed by atoms with Gasteiger partial charge >= 0.3 is 0 Å². The van der Waals surface area contributed by atoms with E-state index in [1.54, 1.807) is 13.0 Å². The van der Waals surface area contributed by atoms with Crippen molar-refractivity contribution in [1.82, 2.24) is 15.2 Å². The lowest BCUT2D eigenvalue weighted by Crippen LogP contribution is -2.47. The van der Waals surface area contributed by atoms with Gasteiger partial charge in [0.05, 0.1) is 16.2 Å². The van der Waals surface area contributed by atoms with Gasteiger partial charge < -0.3 is 15.5 Å². The Morgan fingerprint density at radius 2 is 1.81 bits per heavy atom. The number of aryl methyl sites for hydroxylation is 1. The predicted octanol–water partition coefficient (Wildman–Crippen LogP) is 0.822. The van der Waals surface area contributed by atoms with Crippen molar-refractivity contribution < 1.29 is 9.72 Å². The molecule has 0 aromatic carbocycles. The van der Waals surface area contributed by atoms with Crippen molar-refractivity contribution in [3.8, 4) is 0 Å². The molecule has 1 fully saturated rings. The third-order valence-corrected chi connectivity index (χ3v) is 4.53. The number of nitrogens with two attached hydrogens (primary N) is 1. The SMILES string of the molecule is Cc1nnc(N2CCN(c3ccc([N+](=O)[O-])cn3)CC2)c(C(N)=O)c1C. The smallest absolute Gasteiger partial charge is 0.287 e. The van der Waals surface area contributed by atoms with Crippen LogP contribution in [0.3, 0.4) is 0 Å². The number of rotatable bonds is 4. The van der Waals surface area contributed by atoms with Crippen molar-refractivity contribution >= 4 is 23.2 Å². The van der Waals surface area contributed by atoms with Crippen LogP contribution in [-0.2, 0) is 0 Å². The quantitative estimate of drug-likeness (QED) is 0.628. The highest BCUT2D eigenvalue weighted by Crippen LogP contribution is 2.24. The summed E-state index contributed by atoms with van der Waals surface area (Å²) in [6.07, 6.45) is 1.25. The molecule has 0 bridgehead atoms. The normalized spacial score (nSPS) is 14.4. The maximum atomic E-state index is 11.9. The summed E-state index contributed by atoms with van der Waals surface area (Å²) in [5.41, 5.74) is 7.32. The van der Waals surface area contributed by atoms with Crippen LogP contribution in [0.2, 0.25) is 0 Å². The molecule has 0 spiro atoms. The fourth-order valence-electron chi connectivity index (χ4n) is 2.93. The maximum absolute atomic E-state index is 11.9. The summed E-state index contributed by atoms with van der Waals surface area (Å²) in [4.78, 5) is 30.3. The molecule has 1 saturated heterocycles. The molecule has 0 atom stereocenters. The summed E-state index contributed by atoms with van der Waals surface area (Å²) in [6.45, 7) is 6.09. The molecular formula is C16H19N7O3. The number of carbonyl (C=O) groups is 1. The molecule has 1 aliphatic heterocycles. The minimum Gasteiger partial charge on any atom is -0.365 e. The average molecular weight is 357 g/mol. The van der Waals surface area contributed by atoms with Crippen molar-refractivity contribution in [2.45, 2.75) is 13.8 Å². The largest absolute Gasteiger partial charge is 0.365 e. The number of nitrogens with zero attached hydrogens (tertiary/aromatic N) is 6. The van der Waals surface area contributed by atoms with E-state index < -0.39 is 10.8 Å². The van der Waals surface area contributed by atoms with Crippen LogP contribution in [0.5, 0.6) is 0 Å². The van der Waals surface area contributed by atoms with Crippen LogP contribution in [0.1, 0.15) is 21.6 Å². The van der Waals surface area contributed by atoms with Crippen LogP contribution >= 0.6 is 0 Å². The Morgan fingerprint density at radius 1 is 1.15 bits per heavy atom. The van der Waals surface area contributed by atoms with Crippen LogP contribution in [0.15, 0.2) is 18.3 Å². The van der Waals surface area contributed by atoms with E-state index in [-0.39, 0.29) is 5.69 Å². The Labute approximate surface area is 149 Å². The van der Waals surface area contributed by atoms with Crippen molar-refractivity contribution in [2.75, 3.05) is 36.0 Å². The van der Waals surface area contributed by atoms with E-state index in [0.29, 0.717) is 49.1 Å². The molecule has 136 valence electrons. The fraction of sp³-hybridized carbons (Fsp3) is 0.375. The molecule has 3 rings (SSSR count). The van der Waals surface area contributed by atoms with E-state index in [4.69, 9.17) is 5.73 Å². The van der Waals surface area contributed by atoms with E-state index in [1.165, 1.54) is 12.3 Å². The number of nitro groups is 1. The zero-order chi connectivity index (χ0) is 18.8. The molecule has 0 radical (unpaired) electrons. The number of hydrogen-bond donors (Lipinski definition) is 1. The highest BCUT2D eigenvalue weighted by molar-refractivity contribution is 5.99. The maximum Gasteiger partial charge on any atom is 0.287 e. The van der Waals surface area contributed by atoms with Gasteiger partial charge in [0, 0.05) is 32.2 Å². The zero-order valence-electron chi connectivity index (χ0n) is 14.5. The summed E-state index contributed by atoms with van der Waals surface area (Å²) in [6, 6.07) is 3.08. The Balaban J connectivity index is 1.76. The highest BCUT2D eigenvalue weighted by Gasteiger charge is 2.25. The van der Waals surface area contributed by atoms with Crippen LogP contribution in [0.4, 0.5) is 17.3 Å². The molecule has 2 aromatic rings. The second kappa shape index (κ2) is 6.90. The van der Waals surface area contributed by atoms with E-state index >= 15 is 0 Å². The number of piperazine rings is 1. The van der Waals surface area contributed by atoms with Gasteiger partial charge in [-0.25, -0.2) is 4.98 Å². The Hall–Kier alpha value is -3.30. The summed E-state index contributed by atoms with van der Waals surface area (Å²) in [7, 11) is 0. The zero-order valence-corrected chi connectivity index (χ0v) is 14.5. The number of hydrogen-bond acceptors (Lipinski definition) is 8. The highest BCUT2D eigenvalue weighted by atomic mass is 16.6. The van der Waals surface area contributed by atoms with Crippen molar-refractivity contribution in [3.63, 3.8) is 0 Å². The summed E-state index contributed by atoms with van der Waals surface area (Å²) < 4.78 is 0. The third-order valence-electron chi connectivity index (χ3n) is 4.53. The molecular weight excluding hydrogens is 338 g/mol. The Morgan fingerprint density at radius 3 is 2.35 bits per heavy atom. The lowest BCUT2D eigenvalue weighted by Gasteiger charge is -2.36. The van der Waals surface area contributed by atoms with Crippen molar-refractivity contribution in [1.29, 1.82) is 0 Å². The summed E-state index contributed by atoms with van der Waals surface area (Å²) in [5.74, 6) is 0.656. The van der Waals surface area contributed by atoms with E-state index in [9.17, 15) is 14.9 Å². The van der Waals surface area contributed by atoms with Gasteiger partial charge in [0.15, 0.2) is 5.82 Å². The Kier molecular flexibility index (Phi) is 4.65. The molecule has 10 heteroatoms. The summed E-state index contributed by atoms with van der Waals surface area (Å²) in [5, 5.41) is 19.0. The second-order valence-corrected chi connectivity index (χ2v) is 6.08. The number of aromatic nitrogens is 3. The van der Waals surface area contributed by atoms with Crippen LogP contribution in [0, 0.1) is 24.0 Å². The van der Waals surface area contributed by atoms with Crippen molar-refractivity contribution in [2.24, 2.45) is 5.73 Å². The number of pyridine rings is 1. The lowest BCUT2D eigenvalue weighted by molar-refractivity contribution is -0.385. The molecule has 0 saturated carbocycles. The van der Waals surface area contributed by atoms with E-state index in [1.807, 2.05) is 16.7 Å². The molecule has 2 aromatic heterocycles. The topological polar surface area (TPSA) is 131 Å². The van der Waals surface area contributed by atoms with Gasteiger partial charge in [-0.1, -0.05) is 0 Å². The first-order chi connectivity index (χ1) is 12.4. The first-order valence-corrected chi connectivity index (χ1v) is 8.12. The molecule has 1 aliphatic rings. The number of amides is 1. The van der Waals surface area contributed by atoms with E-state index in [2.05, 4.69) is 15.2 Å². The lowest BCUT2D eigenvalue weighted by atomic mass is 10.1. The minimum atomic E-state index is -0.519. The molecule has 2 N–H and O–H groups in total. The minimum absolute atomic E-state index is 0.0381. The van der Waals surface area contributed by atoms with Gasteiger partial charge in [0.1, 0.15) is 12.0 Å². The van der Waals surface area contributed by atoms with Gasteiger partial charge in [0.2, 0.25) is 0 Å². The average Bonchev–Trinajstić information content (AvgIpc) is 2.63. The summed E-state index contributed by atoms with van der Waals surface area (Å²) >= 11 is 0. The number of primary amides is 1. The molecule has 0 unspecified atom stereocenters. The molecule has 10 nitrogen and oxygen atoms in total. The molecule has 3 heterocycles. The predicted molar refractivity (Wildman–Crippen MR) is 95.3 cm³/mol. The molecule has 1 amide bonds. The van der Waals surface area contributed by atoms with Gasteiger partial charge in [0.25, 0.3) is 11.6 Å². The number of carbonyl (C=O) groups excluding carboxylic acids is 1. The second-order valence-electron chi connectivity index (χ2n) is 6.08. The molecule has 0 aliphatic carbocycles. The van der Waals surface area contributed by atoms with Crippen LogP contribution in [0.25, 0.3) is 0 Å². The van der Waals surface area contributed by atoms with Crippen LogP contribution in [-0.4, -0.2) is 52.2 Å². The van der Waals surface area contributed by atoms with Gasteiger partial charge in [-0.3, -0.25) is 14.9 Å². The fourth-order valence-corrected chi connectivity index (χ4v) is 2.93. The first-order valence-electron chi connectivity index (χ1n) is 8.12. The molecule has 26 heavy (non-hydrogen) atoms. The number of anilines is 2. The Bertz CT molecular complexity index is 846. The monoisotopic (exact) mass is 357 g/mol. The van der Waals surface area contributed by atoms with Gasteiger partial charge in [-0.2, -0.15) is 5.10 Å². The first kappa shape index (κ1) is 17.5. The van der Waals surface area contributed by atoms with Gasteiger partial charge in [-0.05, 0) is 25.5 Å². The van der Waals surface area contributed by atoms with E-state index in [0.717, 1.165) is 5.56 Å². The third kappa shape index (κ3) is 3.25. The van der Waals surface area contributed by atoms with Crippen LogP contribution < -0.4 is 15.5 Å². The van der Waals surface area contributed by atoms with Gasteiger partial charge in [-0.15, -0.1) is 5.10 Å².